The van der Waals surface area contributed by atoms with Crippen LogP contribution < -0.4 is 0 Å². The lowest BCUT2D eigenvalue weighted by molar-refractivity contribution is -0.282. The Morgan fingerprint density at radius 3 is 1.89 bits per heavy atom. The topological polar surface area (TPSA) is 89.5 Å². The molecule has 2 aromatic rings. The predicted molar refractivity (Wildman–Crippen MR) is 137 cm³/mol. The van der Waals surface area contributed by atoms with E-state index < -0.39 is 18.2 Å². The van der Waals surface area contributed by atoms with E-state index in [0.717, 1.165) is 10.8 Å². The molecule has 2 aliphatic rings. The molecule has 2 fully saturated rings. The first-order valence-electron chi connectivity index (χ1n) is 11.9. The molecule has 194 valence electrons. The van der Waals surface area contributed by atoms with E-state index in [-0.39, 0.29) is 24.9 Å². The number of ether oxygens (including phenoxy) is 6. The third-order valence-corrected chi connectivity index (χ3v) is 5.88. The number of rotatable bonds is 9. The van der Waals surface area contributed by atoms with Crippen molar-refractivity contribution in [3.05, 3.63) is 97.1 Å². The molecular formula is C29H30O8. The molecule has 0 N–H and O–H groups in total. The van der Waals surface area contributed by atoms with Gasteiger partial charge in [-0.25, -0.2) is 9.59 Å². The molecule has 2 aromatic carbocycles. The lowest BCUT2D eigenvalue weighted by Crippen LogP contribution is -2.51. The van der Waals surface area contributed by atoms with Crippen LogP contribution in [0.15, 0.2) is 86.0 Å². The Kier molecular flexibility index (Phi) is 9.03. The van der Waals surface area contributed by atoms with Gasteiger partial charge in [0.1, 0.15) is 13.2 Å². The van der Waals surface area contributed by atoms with Crippen molar-refractivity contribution in [2.24, 2.45) is 5.41 Å². The molecule has 1 spiro atoms. The largest absolute Gasteiger partial charge is 0.458 e. The van der Waals surface area contributed by atoms with Crippen LogP contribution in [0.3, 0.4) is 0 Å². The molecule has 2 aliphatic heterocycles. The molecule has 0 radical (unpaired) electrons. The van der Waals surface area contributed by atoms with Gasteiger partial charge in [0.15, 0.2) is 12.6 Å². The second kappa shape index (κ2) is 12.6. The zero-order chi connectivity index (χ0) is 26.1. The highest BCUT2D eigenvalue weighted by molar-refractivity contribution is 5.99. The van der Waals surface area contributed by atoms with E-state index >= 15 is 0 Å². The maximum absolute atomic E-state index is 12.4. The molecular weight excluding hydrogens is 476 g/mol. The number of carbonyl (C=O) groups is 2. The second-order valence-corrected chi connectivity index (χ2v) is 8.79. The van der Waals surface area contributed by atoms with E-state index in [9.17, 15) is 9.59 Å². The Balaban J connectivity index is 1.20. The summed E-state index contributed by atoms with van der Waals surface area (Å²) in [6.07, 6.45) is 9.35. The lowest BCUT2D eigenvalue weighted by atomic mass is 9.91. The third-order valence-electron chi connectivity index (χ3n) is 5.88. The van der Waals surface area contributed by atoms with E-state index in [1.165, 1.54) is 6.08 Å². The summed E-state index contributed by atoms with van der Waals surface area (Å²) in [5.74, 6) is -0.864. The zero-order valence-corrected chi connectivity index (χ0v) is 20.5. The van der Waals surface area contributed by atoms with Crippen LogP contribution in [0.4, 0.5) is 0 Å². The Morgan fingerprint density at radius 2 is 1.35 bits per heavy atom. The number of carbonyl (C=O) groups excluding carboxylic acids is 2. The monoisotopic (exact) mass is 506 g/mol. The highest BCUT2D eigenvalue weighted by Gasteiger charge is 2.41. The van der Waals surface area contributed by atoms with Gasteiger partial charge in [0.25, 0.3) is 0 Å². The summed E-state index contributed by atoms with van der Waals surface area (Å²) in [5.41, 5.74) is 0.562. The van der Waals surface area contributed by atoms with Gasteiger partial charge in [-0.15, -0.1) is 0 Å². The number of hydrogen-bond donors (Lipinski definition) is 0. The minimum absolute atomic E-state index is 0.115. The molecule has 0 saturated carbocycles. The molecule has 0 bridgehead atoms. The van der Waals surface area contributed by atoms with Crippen LogP contribution in [0, 0.1) is 5.41 Å². The quantitative estimate of drug-likeness (QED) is 0.281. The van der Waals surface area contributed by atoms with E-state index in [0.29, 0.717) is 37.6 Å². The van der Waals surface area contributed by atoms with Crippen molar-refractivity contribution < 1.29 is 38.0 Å². The molecule has 2 saturated heterocycles. The maximum Gasteiger partial charge on any atom is 0.338 e. The van der Waals surface area contributed by atoms with E-state index in [1.54, 1.807) is 66.8 Å². The fourth-order valence-corrected chi connectivity index (χ4v) is 3.84. The van der Waals surface area contributed by atoms with Crippen molar-refractivity contribution in [2.75, 3.05) is 39.6 Å². The summed E-state index contributed by atoms with van der Waals surface area (Å²) < 4.78 is 33.1. The molecule has 0 aliphatic carbocycles. The molecule has 0 aromatic heterocycles. The molecule has 37 heavy (non-hydrogen) atoms. The molecule has 8 heteroatoms. The summed E-state index contributed by atoms with van der Waals surface area (Å²) in [5, 5.41) is 1.63. The zero-order valence-electron chi connectivity index (χ0n) is 20.5. The van der Waals surface area contributed by atoms with Crippen molar-refractivity contribution in [3.8, 4) is 0 Å². The van der Waals surface area contributed by atoms with Crippen molar-refractivity contribution in [1.82, 2.24) is 0 Å². The Bertz CT molecular complexity index is 1180. The van der Waals surface area contributed by atoms with Crippen LogP contribution in [0.1, 0.15) is 20.7 Å². The van der Waals surface area contributed by atoms with Gasteiger partial charge in [-0.2, -0.15) is 0 Å². The molecule has 2 heterocycles. The summed E-state index contributed by atoms with van der Waals surface area (Å²) in [6, 6.07) is 10.3. The highest BCUT2D eigenvalue weighted by atomic mass is 16.7. The first kappa shape index (κ1) is 26.5. The highest BCUT2D eigenvalue weighted by Crippen LogP contribution is 2.30. The number of allylic oxidation sites excluding steroid dienone is 2. The lowest BCUT2D eigenvalue weighted by Gasteiger charge is -2.42. The van der Waals surface area contributed by atoms with E-state index in [1.807, 2.05) is 0 Å². The Morgan fingerprint density at radius 1 is 0.811 bits per heavy atom. The van der Waals surface area contributed by atoms with Gasteiger partial charge in [0, 0.05) is 0 Å². The van der Waals surface area contributed by atoms with Crippen LogP contribution in [-0.2, 0) is 28.4 Å². The summed E-state index contributed by atoms with van der Waals surface area (Å²) in [6.45, 7) is 9.39. The van der Waals surface area contributed by atoms with Gasteiger partial charge in [0.2, 0.25) is 0 Å². The number of benzene rings is 2. The van der Waals surface area contributed by atoms with Gasteiger partial charge in [0.05, 0.1) is 43.0 Å². The second-order valence-electron chi connectivity index (χ2n) is 8.79. The van der Waals surface area contributed by atoms with Gasteiger partial charge in [-0.1, -0.05) is 43.5 Å². The molecule has 0 atom stereocenters. The van der Waals surface area contributed by atoms with Crippen LogP contribution in [0.2, 0.25) is 0 Å². The van der Waals surface area contributed by atoms with Crippen molar-refractivity contribution in [2.45, 2.75) is 12.6 Å². The Labute approximate surface area is 215 Å². The van der Waals surface area contributed by atoms with Crippen LogP contribution in [0.5, 0.6) is 0 Å². The third kappa shape index (κ3) is 7.02. The van der Waals surface area contributed by atoms with Crippen molar-refractivity contribution >= 4 is 22.7 Å². The number of hydrogen-bond acceptors (Lipinski definition) is 8. The fraction of sp³-hybridized carbons (Fsp3) is 0.310. The standard InChI is InChI=1S/C29H30O8/c1-3-13-32-27(30)23-11-9-22-16-24(12-10-21(22)15-23)28(31)33-14-7-5-6-8-26-36-19-29(20-37-26)17-34-25(4-2)35-18-29/h3-12,15-16,25-26H,1-2,13-14,17-20H2/b7-5+,8-6+. The average Bonchev–Trinajstić information content (AvgIpc) is 2.94. The van der Waals surface area contributed by atoms with Gasteiger partial charge >= 0.3 is 11.9 Å². The van der Waals surface area contributed by atoms with Gasteiger partial charge < -0.3 is 28.4 Å². The average molecular weight is 507 g/mol. The van der Waals surface area contributed by atoms with Crippen LogP contribution >= 0.6 is 0 Å². The Hall–Kier alpha value is -3.56. The maximum atomic E-state index is 12.4. The minimum Gasteiger partial charge on any atom is -0.458 e. The normalized spacial score (nSPS) is 23.9. The molecule has 0 unspecified atom stereocenters. The minimum atomic E-state index is -0.461. The number of fused-ring (bicyclic) bond motifs is 1. The molecule has 4 rings (SSSR count). The first-order chi connectivity index (χ1) is 18.0. The number of esters is 2. The van der Waals surface area contributed by atoms with Crippen molar-refractivity contribution in [1.29, 1.82) is 0 Å². The van der Waals surface area contributed by atoms with Gasteiger partial charge in [-0.05, 0) is 53.3 Å². The SMILES string of the molecule is C=CCOC(=O)c1ccc2cc(C(=O)OC/C=C/C=C/C3OCC4(COC(C=C)OC4)CO3)ccc2c1. The summed E-state index contributed by atoms with van der Waals surface area (Å²) in [4.78, 5) is 24.4. The van der Waals surface area contributed by atoms with E-state index in [4.69, 9.17) is 28.4 Å². The van der Waals surface area contributed by atoms with Crippen LogP contribution in [0.25, 0.3) is 10.8 Å². The van der Waals surface area contributed by atoms with E-state index in [2.05, 4.69) is 13.2 Å². The summed E-state index contributed by atoms with van der Waals surface area (Å²) in [7, 11) is 0. The van der Waals surface area contributed by atoms with Gasteiger partial charge in [-0.3, -0.25) is 0 Å². The smallest absolute Gasteiger partial charge is 0.338 e. The fourth-order valence-electron chi connectivity index (χ4n) is 3.84. The molecule has 8 nitrogen and oxygen atoms in total. The van der Waals surface area contributed by atoms with Crippen molar-refractivity contribution in [3.63, 3.8) is 0 Å². The first-order valence-corrected chi connectivity index (χ1v) is 11.9. The molecule has 0 amide bonds. The summed E-state index contributed by atoms with van der Waals surface area (Å²) >= 11 is 0. The predicted octanol–water partition coefficient (Wildman–Crippen LogP) is 4.37. The van der Waals surface area contributed by atoms with Crippen LogP contribution in [-0.4, -0.2) is 64.2 Å².